The lowest BCUT2D eigenvalue weighted by Gasteiger charge is -2.09. The van der Waals surface area contributed by atoms with Crippen molar-refractivity contribution < 1.29 is 9.37 Å². The highest BCUT2D eigenvalue weighted by molar-refractivity contribution is 9.10. The smallest absolute Gasteiger partial charge is 0.160 e. The fourth-order valence-electron chi connectivity index (χ4n) is 1.89. The van der Waals surface area contributed by atoms with Crippen molar-refractivity contribution in [1.29, 1.82) is 0 Å². The van der Waals surface area contributed by atoms with E-state index in [4.69, 9.17) is 15.1 Å². The molecule has 0 aliphatic rings. The summed E-state index contributed by atoms with van der Waals surface area (Å²) in [6.07, 6.45) is 0. The van der Waals surface area contributed by atoms with E-state index >= 15 is 0 Å². The number of hydrogen-bond donors (Lipinski definition) is 2. The number of nitrogens with two attached hydrogens (primary N) is 1. The second-order valence-corrected chi connectivity index (χ2v) is 4.99. The molecule has 20 heavy (non-hydrogen) atoms. The standard InChI is InChI=1S/C13H11BrN4O2/c1-19-11-5-2-7(6-8(11)14)16-10-4-3-9(15)12-13(10)18-20-17-12/h2-6,16H,15H2,1H3. The molecule has 0 spiro atoms. The van der Waals surface area contributed by atoms with Gasteiger partial charge in [0.1, 0.15) is 5.75 Å². The molecule has 0 saturated carbocycles. The second kappa shape index (κ2) is 5.01. The van der Waals surface area contributed by atoms with Gasteiger partial charge in [-0.25, -0.2) is 4.63 Å². The SMILES string of the molecule is COc1ccc(Nc2ccc(N)c3nonc23)cc1Br. The number of fused-ring (bicyclic) bond motifs is 1. The highest BCUT2D eigenvalue weighted by atomic mass is 79.9. The van der Waals surface area contributed by atoms with E-state index < -0.39 is 0 Å². The van der Waals surface area contributed by atoms with Gasteiger partial charge in [-0.3, -0.25) is 0 Å². The summed E-state index contributed by atoms with van der Waals surface area (Å²) < 4.78 is 10.8. The number of nitrogen functional groups attached to an aromatic ring is 1. The van der Waals surface area contributed by atoms with Crippen LogP contribution in [0.25, 0.3) is 11.0 Å². The monoisotopic (exact) mass is 334 g/mol. The van der Waals surface area contributed by atoms with E-state index in [1.54, 1.807) is 13.2 Å². The maximum atomic E-state index is 5.81. The maximum absolute atomic E-state index is 5.81. The summed E-state index contributed by atoms with van der Waals surface area (Å²) in [5.41, 5.74) is 9.13. The molecular formula is C13H11BrN4O2. The minimum Gasteiger partial charge on any atom is -0.496 e. The Bertz CT molecular complexity index is 772. The van der Waals surface area contributed by atoms with Crippen LogP contribution < -0.4 is 15.8 Å². The number of rotatable bonds is 3. The molecule has 3 rings (SSSR count). The second-order valence-electron chi connectivity index (χ2n) is 4.14. The summed E-state index contributed by atoms with van der Waals surface area (Å²) in [5, 5.41) is 10.9. The third-order valence-corrected chi connectivity index (χ3v) is 3.50. The first-order valence-electron chi connectivity index (χ1n) is 5.80. The first kappa shape index (κ1) is 12.7. The van der Waals surface area contributed by atoms with Gasteiger partial charge < -0.3 is 15.8 Å². The van der Waals surface area contributed by atoms with E-state index in [1.165, 1.54) is 0 Å². The predicted octanol–water partition coefficient (Wildman–Crippen LogP) is 3.32. The zero-order chi connectivity index (χ0) is 14.1. The van der Waals surface area contributed by atoms with Gasteiger partial charge in [-0.1, -0.05) is 0 Å². The molecule has 0 aliphatic heterocycles. The van der Waals surface area contributed by atoms with E-state index in [-0.39, 0.29) is 0 Å². The van der Waals surface area contributed by atoms with E-state index in [2.05, 4.69) is 31.6 Å². The van der Waals surface area contributed by atoms with Crippen LogP contribution in [0.1, 0.15) is 0 Å². The molecule has 1 heterocycles. The molecule has 0 atom stereocenters. The van der Waals surface area contributed by atoms with E-state index in [0.29, 0.717) is 16.7 Å². The fourth-order valence-corrected chi connectivity index (χ4v) is 2.43. The molecule has 0 saturated heterocycles. The summed E-state index contributed by atoms with van der Waals surface area (Å²) in [5.74, 6) is 0.765. The van der Waals surface area contributed by atoms with Gasteiger partial charge in [-0.15, -0.1) is 0 Å². The van der Waals surface area contributed by atoms with Gasteiger partial charge in [0.2, 0.25) is 0 Å². The number of methoxy groups -OCH3 is 1. The third kappa shape index (κ3) is 2.16. The van der Waals surface area contributed by atoms with Crippen molar-refractivity contribution in [3.05, 3.63) is 34.8 Å². The van der Waals surface area contributed by atoms with Crippen molar-refractivity contribution in [2.24, 2.45) is 0 Å². The lowest BCUT2D eigenvalue weighted by molar-refractivity contribution is 0.316. The first-order valence-corrected chi connectivity index (χ1v) is 6.59. The molecule has 0 amide bonds. The fraction of sp³-hybridized carbons (Fsp3) is 0.0769. The highest BCUT2D eigenvalue weighted by Crippen LogP contribution is 2.32. The highest BCUT2D eigenvalue weighted by Gasteiger charge is 2.10. The number of hydrogen-bond acceptors (Lipinski definition) is 6. The Labute approximate surface area is 123 Å². The van der Waals surface area contributed by atoms with E-state index in [0.717, 1.165) is 21.6 Å². The minimum atomic E-state index is 0.530. The average molecular weight is 335 g/mol. The van der Waals surface area contributed by atoms with Crippen LogP contribution in [0.5, 0.6) is 5.75 Å². The number of aromatic nitrogens is 2. The van der Waals surface area contributed by atoms with Gasteiger partial charge in [0.15, 0.2) is 11.0 Å². The van der Waals surface area contributed by atoms with E-state index in [9.17, 15) is 0 Å². The molecule has 0 radical (unpaired) electrons. The summed E-state index contributed by atoms with van der Waals surface area (Å²) in [6.45, 7) is 0. The maximum Gasteiger partial charge on any atom is 0.160 e. The molecule has 102 valence electrons. The molecular weight excluding hydrogens is 324 g/mol. The lowest BCUT2D eigenvalue weighted by Crippen LogP contribution is -1.94. The lowest BCUT2D eigenvalue weighted by atomic mass is 10.2. The summed E-state index contributed by atoms with van der Waals surface area (Å²) in [4.78, 5) is 0. The zero-order valence-corrected chi connectivity index (χ0v) is 12.1. The largest absolute Gasteiger partial charge is 0.496 e. The van der Waals surface area contributed by atoms with Crippen LogP contribution in [0.3, 0.4) is 0 Å². The molecule has 3 N–H and O–H groups in total. The van der Waals surface area contributed by atoms with Crippen molar-refractivity contribution in [3.63, 3.8) is 0 Å². The van der Waals surface area contributed by atoms with Gasteiger partial charge >= 0.3 is 0 Å². The molecule has 1 aromatic heterocycles. The van der Waals surface area contributed by atoms with Gasteiger partial charge in [0.25, 0.3) is 0 Å². The zero-order valence-electron chi connectivity index (χ0n) is 10.6. The number of nitrogens with one attached hydrogen (secondary N) is 1. The van der Waals surface area contributed by atoms with Crippen LogP contribution in [0, 0.1) is 0 Å². The topological polar surface area (TPSA) is 86.2 Å². The quantitative estimate of drug-likeness (QED) is 0.714. The first-order chi connectivity index (χ1) is 9.69. The Morgan fingerprint density at radius 3 is 2.75 bits per heavy atom. The van der Waals surface area contributed by atoms with Crippen LogP contribution in [0.4, 0.5) is 17.1 Å². The molecule has 0 aliphatic carbocycles. The normalized spacial score (nSPS) is 10.7. The number of nitrogens with zero attached hydrogens (tertiary/aromatic N) is 2. The van der Waals surface area contributed by atoms with E-state index in [1.807, 2.05) is 24.3 Å². The predicted molar refractivity (Wildman–Crippen MR) is 80.2 cm³/mol. The number of anilines is 3. The van der Waals surface area contributed by atoms with Gasteiger partial charge in [0, 0.05) is 5.69 Å². The molecule has 6 nitrogen and oxygen atoms in total. The molecule has 0 unspecified atom stereocenters. The molecule has 7 heteroatoms. The van der Waals surface area contributed by atoms with Gasteiger partial charge in [-0.05, 0) is 56.6 Å². The van der Waals surface area contributed by atoms with Crippen molar-refractivity contribution in [3.8, 4) is 5.75 Å². The Morgan fingerprint density at radius 1 is 1.20 bits per heavy atom. The number of benzene rings is 2. The number of ether oxygens (including phenoxy) is 1. The van der Waals surface area contributed by atoms with Crippen molar-refractivity contribution in [1.82, 2.24) is 10.3 Å². The Morgan fingerprint density at radius 2 is 2.00 bits per heavy atom. The molecule has 2 aromatic carbocycles. The minimum absolute atomic E-state index is 0.530. The molecule has 3 aromatic rings. The molecule has 0 bridgehead atoms. The van der Waals surface area contributed by atoms with Crippen molar-refractivity contribution in [2.75, 3.05) is 18.2 Å². The van der Waals surface area contributed by atoms with Crippen molar-refractivity contribution in [2.45, 2.75) is 0 Å². The Kier molecular flexibility index (Phi) is 3.19. The van der Waals surface area contributed by atoms with Crippen molar-refractivity contribution >= 4 is 44.0 Å². The third-order valence-electron chi connectivity index (χ3n) is 2.88. The van der Waals surface area contributed by atoms with Crippen LogP contribution >= 0.6 is 15.9 Å². The van der Waals surface area contributed by atoms with Crippen LogP contribution in [0.2, 0.25) is 0 Å². The van der Waals surface area contributed by atoms with Crippen LogP contribution in [-0.2, 0) is 0 Å². The number of halogens is 1. The van der Waals surface area contributed by atoms with Gasteiger partial charge in [0.05, 0.1) is 23.0 Å². The summed E-state index contributed by atoms with van der Waals surface area (Å²) in [6, 6.07) is 9.27. The van der Waals surface area contributed by atoms with Crippen LogP contribution in [0.15, 0.2) is 39.4 Å². The average Bonchev–Trinajstić information content (AvgIpc) is 2.93. The summed E-state index contributed by atoms with van der Waals surface area (Å²) in [7, 11) is 1.62. The summed E-state index contributed by atoms with van der Waals surface area (Å²) >= 11 is 3.44. The Balaban J connectivity index is 1.99. The Hall–Kier alpha value is -2.28. The molecule has 0 fully saturated rings. The van der Waals surface area contributed by atoms with Gasteiger partial charge in [-0.2, -0.15) is 0 Å². The van der Waals surface area contributed by atoms with Crippen LogP contribution in [-0.4, -0.2) is 17.4 Å².